The van der Waals surface area contributed by atoms with E-state index in [0.717, 1.165) is 43.4 Å². The minimum Gasteiger partial charge on any atom is -0.393 e. The van der Waals surface area contributed by atoms with Gasteiger partial charge in [0.2, 0.25) is 0 Å². The Kier molecular flexibility index (Phi) is 12.1. The fraction of sp³-hybridized carbons (Fsp3) is 1.00. The van der Waals surface area contributed by atoms with Gasteiger partial charge in [0.25, 0.3) is 0 Å². The third kappa shape index (κ3) is 7.20. The van der Waals surface area contributed by atoms with Crippen LogP contribution in [-0.4, -0.2) is 33.6 Å². The van der Waals surface area contributed by atoms with Crippen LogP contribution in [0.1, 0.15) is 139 Å². The smallest absolute Gasteiger partial charge is 0.0568 e. The Balaban J connectivity index is 1.64. The Hall–Kier alpha value is -0.120. The Morgan fingerprint density at radius 1 is 0.868 bits per heavy atom. The van der Waals surface area contributed by atoms with E-state index in [-0.39, 0.29) is 18.3 Å². The highest BCUT2D eigenvalue weighted by molar-refractivity contribution is 5.11. The molecule has 1 spiro atoms. The van der Waals surface area contributed by atoms with Crippen LogP contribution in [0.2, 0.25) is 0 Å². The van der Waals surface area contributed by atoms with Gasteiger partial charge in [0.15, 0.2) is 0 Å². The number of aliphatic hydroxyl groups excluding tert-OH is 3. The van der Waals surface area contributed by atoms with E-state index in [9.17, 15) is 15.3 Å². The van der Waals surface area contributed by atoms with E-state index in [1.807, 2.05) is 6.92 Å². The second kappa shape index (κ2) is 14.2. The summed E-state index contributed by atoms with van der Waals surface area (Å²) in [5.74, 6) is 5.89. The molecule has 3 rings (SSSR count). The van der Waals surface area contributed by atoms with Gasteiger partial charge in [0, 0.05) is 0 Å². The summed E-state index contributed by atoms with van der Waals surface area (Å²) in [6, 6.07) is 0. The van der Waals surface area contributed by atoms with Crippen molar-refractivity contribution in [3.63, 3.8) is 0 Å². The highest BCUT2D eigenvalue weighted by Crippen LogP contribution is 2.69. The summed E-state index contributed by atoms with van der Waals surface area (Å²) in [4.78, 5) is 0. The lowest BCUT2D eigenvalue weighted by Gasteiger charge is -2.68. The van der Waals surface area contributed by atoms with Crippen molar-refractivity contribution in [3.05, 3.63) is 0 Å². The van der Waals surface area contributed by atoms with Gasteiger partial charge in [0.1, 0.15) is 0 Å². The molecule has 3 fully saturated rings. The average molecular weight is 535 g/mol. The molecule has 0 heterocycles. The van der Waals surface area contributed by atoms with Crippen LogP contribution < -0.4 is 0 Å². The molecule has 0 aromatic carbocycles. The minimum atomic E-state index is -0.258. The van der Waals surface area contributed by atoms with Crippen LogP contribution in [0.3, 0.4) is 0 Å². The molecule has 8 unspecified atom stereocenters. The molecule has 0 aromatic rings. The molecule has 0 bridgehead atoms. The lowest BCUT2D eigenvalue weighted by atomic mass is 9.37. The third-order valence-electron chi connectivity index (χ3n) is 12.3. The molecule has 0 aliphatic heterocycles. The van der Waals surface area contributed by atoms with E-state index >= 15 is 0 Å². The first-order valence-corrected chi connectivity index (χ1v) is 17.0. The highest BCUT2D eigenvalue weighted by atomic mass is 16.3. The Morgan fingerprint density at radius 3 is 2.21 bits per heavy atom. The van der Waals surface area contributed by atoms with Gasteiger partial charge >= 0.3 is 0 Å². The zero-order valence-electron chi connectivity index (χ0n) is 26.5. The second-order valence-corrected chi connectivity index (χ2v) is 15.3. The van der Waals surface area contributed by atoms with Crippen molar-refractivity contribution >= 4 is 0 Å². The molecule has 3 aliphatic rings. The van der Waals surface area contributed by atoms with Gasteiger partial charge in [-0.1, -0.05) is 74.1 Å². The van der Waals surface area contributed by atoms with Crippen LogP contribution in [0.25, 0.3) is 0 Å². The molecule has 0 radical (unpaired) electrons. The van der Waals surface area contributed by atoms with Crippen LogP contribution in [0.4, 0.5) is 0 Å². The fourth-order valence-electron chi connectivity index (χ4n) is 10.8. The molecule has 3 N–H and O–H groups in total. The average Bonchev–Trinajstić information content (AvgIpc) is 2.83. The van der Waals surface area contributed by atoms with Crippen LogP contribution in [-0.2, 0) is 0 Å². The zero-order chi connectivity index (χ0) is 28.2. The largest absolute Gasteiger partial charge is 0.393 e. The van der Waals surface area contributed by atoms with Crippen LogP contribution in [0.15, 0.2) is 0 Å². The summed E-state index contributed by atoms with van der Waals surface area (Å²) in [7, 11) is 0. The van der Waals surface area contributed by atoms with E-state index in [4.69, 9.17) is 0 Å². The Labute approximate surface area is 237 Å². The predicted molar refractivity (Wildman–Crippen MR) is 161 cm³/mol. The molecule has 3 saturated carbocycles. The summed E-state index contributed by atoms with van der Waals surface area (Å²) in [6.45, 7) is 18.3. The van der Waals surface area contributed by atoms with E-state index in [1.165, 1.54) is 57.8 Å². The summed E-state index contributed by atoms with van der Waals surface area (Å²) in [5, 5.41) is 32.9. The molecule has 13 atom stereocenters. The predicted octanol–water partition coefficient (Wildman–Crippen LogP) is 8.49. The molecule has 3 aliphatic carbocycles. The molecular formula is C35H66O3. The van der Waals surface area contributed by atoms with Crippen molar-refractivity contribution in [1.29, 1.82) is 0 Å². The first-order valence-electron chi connectivity index (χ1n) is 17.0. The van der Waals surface area contributed by atoms with Crippen molar-refractivity contribution in [3.8, 4) is 0 Å². The molecule has 3 heteroatoms. The van der Waals surface area contributed by atoms with Crippen molar-refractivity contribution in [2.24, 2.45) is 64.6 Å². The van der Waals surface area contributed by atoms with Crippen LogP contribution in [0, 0.1) is 64.6 Å². The first-order chi connectivity index (χ1) is 17.9. The van der Waals surface area contributed by atoms with Crippen LogP contribution in [0.5, 0.6) is 0 Å². The number of unbranched alkanes of at least 4 members (excludes halogenated alkanes) is 2. The quantitative estimate of drug-likeness (QED) is 0.208. The number of aliphatic hydroxyl groups is 3. The number of rotatable bonds is 13. The topological polar surface area (TPSA) is 60.7 Å². The van der Waals surface area contributed by atoms with Gasteiger partial charge in [0.05, 0.1) is 18.3 Å². The number of hydrogen-bond donors (Lipinski definition) is 3. The summed E-state index contributed by atoms with van der Waals surface area (Å²) in [6.07, 6.45) is 14.7. The lowest BCUT2D eigenvalue weighted by Crippen LogP contribution is -2.62. The molecule has 0 aromatic heterocycles. The Bertz CT molecular complexity index is 683. The maximum Gasteiger partial charge on any atom is 0.0568 e. The molecule has 0 amide bonds. The zero-order valence-corrected chi connectivity index (χ0v) is 26.5. The van der Waals surface area contributed by atoms with Gasteiger partial charge < -0.3 is 15.3 Å². The highest BCUT2D eigenvalue weighted by Gasteiger charge is 2.63. The molecule has 3 nitrogen and oxygen atoms in total. The van der Waals surface area contributed by atoms with Gasteiger partial charge in [-0.15, -0.1) is 0 Å². The molecule has 0 saturated heterocycles. The van der Waals surface area contributed by atoms with Gasteiger partial charge in [-0.05, 0) is 129 Å². The number of hydrogen-bond acceptors (Lipinski definition) is 3. The fourth-order valence-corrected chi connectivity index (χ4v) is 10.8. The second-order valence-electron chi connectivity index (χ2n) is 15.3. The van der Waals surface area contributed by atoms with Gasteiger partial charge in [-0.3, -0.25) is 0 Å². The van der Waals surface area contributed by atoms with Crippen LogP contribution >= 0.6 is 0 Å². The molecule has 38 heavy (non-hydrogen) atoms. The van der Waals surface area contributed by atoms with E-state index < -0.39 is 0 Å². The van der Waals surface area contributed by atoms with E-state index in [0.29, 0.717) is 46.8 Å². The summed E-state index contributed by atoms with van der Waals surface area (Å²) >= 11 is 0. The van der Waals surface area contributed by atoms with Crippen molar-refractivity contribution in [2.75, 3.05) is 0 Å². The summed E-state index contributed by atoms with van der Waals surface area (Å²) in [5.41, 5.74) is 0.362. The first kappa shape index (κ1) is 32.4. The monoisotopic (exact) mass is 535 g/mol. The van der Waals surface area contributed by atoms with E-state index in [1.54, 1.807) is 0 Å². The van der Waals surface area contributed by atoms with Gasteiger partial charge in [-0.25, -0.2) is 0 Å². The maximum atomic E-state index is 11.6. The summed E-state index contributed by atoms with van der Waals surface area (Å²) < 4.78 is 0. The molecule has 224 valence electrons. The van der Waals surface area contributed by atoms with E-state index in [2.05, 4.69) is 48.5 Å². The molecular weight excluding hydrogens is 468 g/mol. The lowest BCUT2D eigenvalue weighted by molar-refractivity contribution is -0.204. The standard InChI is InChI=1S/C35H66O3/c1-9-10-11-12-28(20-24(5)33(22(2)3)27(8)36)13-16-32(38)29-14-15-30-26(7)34-25(6)19-23(4)31(37)17-18-35(30,34)21-29/h22-34,36-38H,9-21H2,1-8H3/t23?,24-,25?,26-,27?,28?,29+,30?,31?,32-,33?,34-,35?/m0/s1. The normalized spacial score (nSPS) is 39.6. The van der Waals surface area contributed by atoms with Gasteiger partial charge in [-0.2, -0.15) is 0 Å². The maximum absolute atomic E-state index is 11.6. The van der Waals surface area contributed by atoms with Crippen molar-refractivity contribution < 1.29 is 15.3 Å². The van der Waals surface area contributed by atoms with Crippen molar-refractivity contribution in [1.82, 2.24) is 0 Å². The van der Waals surface area contributed by atoms with Crippen molar-refractivity contribution in [2.45, 2.75) is 157 Å². The Morgan fingerprint density at radius 2 is 1.58 bits per heavy atom. The third-order valence-corrected chi connectivity index (χ3v) is 12.3. The minimum absolute atomic E-state index is 0.156. The SMILES string of the molecule is CCCCCC(CC[C@H](O)[C@@H]1CCC2[C@H](C)[C@@H]3C(C)CC(C)C(O)CCC23C1)C[C@H](C)C(C(C)C)C(C)O.